The Morgan fingerprint density at radius 3 is 2.80 bits per heavy atom. The van der Waals surface area contributed by atoms with Crippen molar-refractivity contribution < 1.29 is 18.0 Å². The van der Waals surface area contributed by atoms with Crippen molar-refractivity contribution >= 4 is 34.5 Å². The molecule has 1 aromatic heterocycles. The van der Waals surface area contributed by atoms with Crippen molar-refractivity contribution in [3.05, 3.63) is 54.1 Å². The fourth-order valence-corrected chi connectivity index (χ4v) is 3.10. The van der Waals surface area contributed by atoms with Crippen molar-refractivity contribution in [3.63, 3.8) is 0 Å². The van der Waals surface area contributed by atoms with Gasteiger partial charge in [0.25, 0.3) is 5.22 Å². The number of rotatable bonds is 7. The van der Waals surface area contributed by atoms with Crippen LogP contribution in [0.15, 0.2) is 52.1 Å². The van der Waals surface area contributed by atoms with Crippen molar-refractivity contribution in [2.75, 3.05) is 11.1 Å². The number of anilines is 1. The zero-order valence-electron chi connectivity index (χ0n) is 13.3. The van der Waals surface area contributed by atoms with Crippen LogP contribution in [0, 0.1) is 11.6 Å². The molecule has 0 unspecified atom stereocenters. The highest BCUT2D eigenvalue weighted by Gasteiger charge is 2.09. The minimum atomic E-state index is -0.778. The standard InChI is InChI=1S/C18H16F2N2O2S/c19-12-8-9-14(13(20)11-12)21-17(23)7-3-4-10-25-18-22-15-5-1-2-6-16(15)24-18/h1-2,5-6,8-9,11H,3-4,7,10H2,(H,21,23). The van der Waals surface area contributed by atoms with Crippen molar-refractivity contribution in [2.24, 2.45) is 0 Å². The lowest BCUT2D eigenvalue weighted by Crippen LogP contribution is -2.12. The lowest BCUT2D eigenvalue weighted by atomic mass is 10.2. The molecule has 1 N–H and O–H groups in total. The van der Waals surface area contributed by atoms with Crippen LogP contribution in [-0.2, 0) is 4.79 Å². The SMILES string of the molecule is O=C(CCCCSc1nc2ccccc2o1)Nc1ccc(F)cc1F. The Morgan fingerprint density at radius 2 is 2.00 bits per heavy atom. The van der Waals surface area contributed by atoms with Crippen LogP contribution in [-0.4, -0.2) is 16.6 Å². The summed E-state index contributed by atoms with van der Waals surface area (Å²) in [4.78, 5) is 16.2. The minimum Gasteiger partial charge on any atom is -0.431 e. The Labute approximate surface area is 147 Å². The molecule has 0 aliphatic rings. The van der Waals surface area contributed by atoms with Crippen molar-refractivity contribution in [2.45, 2.75) is 24.5 Å². The van der Waals surface area contributed by atoms with Crippen LogP contribution in [0.1, 0.15) is 19.3 Å². The van der Waals surface area contributed by atoms with Gasteiger partial charge in [-0.2, -0.15) is 0 Å². The number of aromatic nitrogens is 1. The molecule has 0 spiro atoms. The molecule has 0 aliphatic heterocycles. The molecule has 3 aromatic rings. The summed E-state index contributed by atoms with van der Waals surface area (Å²) in [6.45, 7) is 0. The van der Waals surface area contributed by atoms with Crippen LogP contribution < -0.4 is 5.32 Å². The van der Waals surface area contributed by atoms with Crippen LogP contribution in [0.5, 0.6) is 0 Å². The zero-order chi connectivity index (χ0) is 17.6. The molecule has 0 aliphatic carbocycles. The van der Waals surface area contributed by atoms with E-state index in [-0.39, 0.29) is 18.0 Å². The Bertz CT molecular complexity index is 849. The van der Waals surface area contributed by atoms with Crippen LogP contribution in [0.4, 0.5) is 14.5 Å². The number of nitrogens with one attached hydrogen (secondary N) is 1. The first-order chi connectivity index (χ1) is 12.1. The lowest BCUT2D eigenvalue weighted by molar-refractivity contribution is -0.116. The number of fused-ring (bicyclic) bond motifs is 1. The summed E-state index contributed by atoms with van der Waals surface area (Å²) in [5.41, 5.74) is 1.57. The number of halogens is 2. The summed E-state index contributed by atoms with van der Waals surface area (Å²) in [5.74, 6) is -0.977. The molecule has 0 saturated carbocycles. The number of unbranched alkanes of at least 4 members (excludes halogenated alkanes) is 1. The van der Waals surface area contributed by atoms with Gasteiger partial charge in [-0.25, -0.2) is 13.8 Å². The van der Waals surface area contributed by atoms with Crippen LogP contribution in [0.2, 0.25) is 0 Å². The first-order valence-corrected chi connectivity index (χ1v) is 8.83. The summed E-state index contributed by atoms with van der Waals surface area (Å²) in [5, 5.41) is 3.06. The maximum atomic E-state index is 13.5. The Kier molecular flexibility index (Phi) is 5.65. The van der Waals surface area contributed by atoms with Gasteiger partial charge in [0.1, 0.15) is 17.2 Å². The molecular weight excluding hydrogens is 346 g/mol. The summed E-state index contributed by atoms with van der Waals surface area (Å²) in [6, 6.07) is 10.6. The van der Waals surface area contributed by atoms with E-state index in [1.165, 1.54) is 17.8 Å². The van der Waals surface area contributed by atoms with E-state index in [9.17, 15) is 13.6 Å². The number of carbonyl (C=O) groups is 1. The highest BCUT2D eigenvalue weighted by atomic mass is 32.2. The molecule has 4 nitrogen and oxygen atoms in total. The third-order valence-electron chi connectivity index (χ3n) is 3.50. The topological polar surface area (TPSA) is 55.1 Å². The molecule has 2 aromatic carbocycles. The van der Waals surface area contributed by atoms with Gasteiger partial charge in [-0.3, -0.25) is 4.79 Å². The summed E-state index contributed by atoms with van der Waals surface area (Å²) >= 11 is 1.49. The average Bonchev–Trinajstić information content (AvgIpc) is 3.00. The molecule has 1 heterocycles. The van der Waals surface area contributed by atoms with Gasteiger partial charge >= 0.3 is 0 Å². The molecule has 130 valence electrons. The molecule has 25 heavy (non-hydrogen) atoms. The van der Waals surface area contributed by atoms with E-state index in [2.05, 4.69) is 10.3 Å². The van der Waals surface area contributed by atoms with E-state index in [4.69, 9.17) is 4.42 Å². The van der Waals surface area contributed by atoms with Crippen molar-refractivity contribution in [1.29, 1.82) is 0 Å². The molecule has 0 fully saturated rings. The van der Waals surface area contributed by atoms with Gasteiger partial charge in [0, 0.05) is 18.2 Å². The number of hydrogen-bond acceptors (Lipinski definition) is 4. The Hall–Kier alpha value is -2.41. The Balaban J connectivity index is 1.38. The number of thioether (sulfide) groups is 1. The van der Waals surface area contributed by atoms with Gasteiger partial charge in [0.2, 0.25) is 5.91 Å². The summed E-state index contributed by atoms with van der Waals surface area (Å²) in [7, 11) is 0. The lowest BCUT2D eigenvalue weighted by Gasteiger charge is -2.06. The maximum Gasteiger partial charge on any atom is 0.256 e. The number of carbonyl (C=O) groups excluding carboxylic acids is 1. The first kappa shape index (κ1) is 17.4. The minimum absolute atomic E-state index is 0.00718. The molecule has 1 amide bonds. The molecule has 0 saturated heterocycles. The van der Waals surface area contributed by atoms with Gasteiger partial charge < -0.3 is 9.73 Å². The van der Waals surface area contributed by atoms with E-state index >= 15 is 0 Å². The second-order valence-corrected chi connectivity index (χ2v) is 6.47. The molecule has 0 atom stereocenters. The predicted octanol–water partition coefficient (Wildman–Crippen LogP) is 5.01. The fraction of sp³-hybridized carbons (Fsp3) is 0.222. The zero-order valence-corrected chi connectivity index (χ0v) is 14.1. The third-order valence-corrected chi connectivity index (χ3v) is 4.42. The number of para-hydroxylation sites is 2. The Morgan fingerprint density at radius 1 is 1.16 bits per heavy atom. The van der Waals surface area contributed by atoms with Gasteiger partial charge in [-0.05, 0) is 37.1 Å². The molecule has 0 radical (unpaired) electrons. The second-order valence-electron chi connectivity index (χ2n) is 5.43. The van der Waals surface area contributed by atoms with Crippen LogP contribution in [0.25, 0.3) is 11.1 Å². The number of hydrogen-bond donors (Lipinski definition) is 1. The number of amides is 1. The van der Waals surface area contributed by atoms with E-state index in [1.54, 1.807) is 0 Å². The molecular formula is C18H16F2N2O2S. The van der Waals surface area contributed by atoms with Gasteiger partial charge in [-0.1, -0.05) is 23.9 Å². The van der Waals surface area contributed by atoms with E-state index < -0.39 is 11.6 Å². The number of oxazole rings is 1. The van der Waals surface area contributed by atoms with Crippen molar-refractivity contribution in [3.8, 4) is 0 Å². The largest absolute Gasteiger partial charge is 0.431 e. The predicted molar refractivity (Wildman–Crippen MR) is 93.6 cm³/mol. The van der Waals surface area contributed by atoms with Gasteiger partial charge in [0.05, 0.1) is 5.69 Å². The van der Waals surface area contributed by atoms with Crippen LogP contribution in [0.3, 0.4) is 0 Å². The molecule has 3 rings (SSSR count). The monoisotopic (exact) mass is 362 g/mol. The average molecular weight is 362 g/mol. The van der Waals surface area contributed by atoms with Gasteiger partial charge in [-0.15, -0.1) is 0 Å². The normalized spacial score (nSPS) is 11.0. The highest BCUT2D eigenvalue weighted by molar-refractivity contribution is 7.99. The quantitative estimate of drug-likeness (QED) is 0.474. The maximum absolute atomic E-state index is 13.5. The van der Waals surface area contributed by atoms with E-state index in [0.717, 1.165) is 35.4 Å². The molecule has 7 heteroatoms. The number of nitrogens with zero attached hydrogens (tertiary/aromatic N) is 1. The third kappa shape index (κ3) is 4.79. The first-order valence-electron chi connectivity index (χ1n) is 7.85. The fourth-order valence-electron chi connectivity index (χ4n) is 2.26. The summed E-state index contributed by atoms with van der Waals surface area (Å²) in [6.07, 6.45) is 1.72. The number of benzene rings is 2. The highest BCUT2D eigenvalue weighted by Crippen LogP contribution is 2.24. The van der Waals surface area contributed by atoms with Crippen molar-refractivity contribution in [1.82, 2.24) is 4.98 Å². The van der Waals surface area contributed by atoms with Gasteiger partial charge in [0.15, 0.2) is 5.58 Å². The molecule has 0 bridgehead atoms. The smallest absolute Gasteiger partial charge is 0.256 e. The van der Waals surface area contributed by atoms with E-state index in [0.29, 0.717) is 11.6 Å². The second kappa shape index (κ2) is 8.11. The summed E-state index contributed by atoms with van der Waals surface area (Å²) < 4.78 is 31.9. The van der Waals surface area contributed by atoms with E-state index in [1.807, 2.05) is 24.3 Å². The van der Waals surface area contributed by atoms with Crippen LogP contribution >= 0.6 is 11.8 Å².